The van der Waals surface area contributed by atoms with Gasteiger partial charge >= 0.3 is 17.9 Å². The second-order valence-electron chi connectivity index (χ2n) is 14.6. The highest BCUT2D eigenvalue weighted by Crippen LogP contribution is 2.36. The van der Waals surface area contributed by atoms with Gasteiger partial charge in [0.1, 0.15) is 12.7 Å². The van der Waals surface area contributed by atoms with E-state index in [1.54, 1.807) is 48.5 Å². The number of hydrogen-bond acceptors (Lipinski definition) is 9. The van der Waals surface area contributed by atoms with Crippen LogP contribution in [0.15, 0.2) is 60.7 Å². The van der Waals surface area contributed by atoms with Crippen LogP contribution in [0.3, 0.4) is 0 Å². The van der Waals surface area contributed by atoms with Gasteiger partial charge in [-0.1, -0.05) is 135 Å². The molecule has 1 fully saturated rings. The summed E-state index contributed by atoms with van der Waals surface area (Å²) in [6, 6.07) is 16.7. The maximum atomic E-state index is 13.5. The third-order valence-electron chi connectivity index (χ3n) is 10.5. The van der Waals surface area contributed by atoms with E-state index in [0.29, 0.717) is 17.5 Å². The first kappa shape index (κ1) is 43.1. The molecule has 1 aliphatic heterocycles. The minimum Gasteiger partial charge on any atom is -0.463 e. The largest absolute Gasteiger partial charge is 0.463 e. The van der Waals surface area contributed by atoms with E-state index < -0.39 is 36.5 Å². The molecule has 0 saturated carbocycles. The normalized spacial score (nSPS) is 21.8. The van der Waals surface area contributed by atoms with Crippen LogP contribution in [0.1, 0.15) is 139 Å². The standard InChI is InChI=1S/C43H65NO8/c1-6-7-8-9-10-11-12-13-14-15-16-23-28-38(50-41(46)35-24-19-17-20-25-35)40(52-42(47)36-26-21-18-22-27-36)37(44)29-49-43-33(4)31(2)32(3)39(51-43)30-48-34(5)45/h17-22,24-27,31-33,37-40,43H,6-16,23,28-30,44H2,1-5H3/t31?,32?,33?,37-,38+,39?,40-,43?/m0/s1. The lowest BCUT2D eigenvalue weighted by molar-refractivity contribution is -0.258. The Morgan fingerprint density at radius 3 is 1.71 bits per heavy atom. The van der Waals surface area contributed by atoms with Crippen LogP contribution in [0, 0.1) is 17.8 Å². The number of unbranched alkanes of at least 4 members (excludes halogenated alkanes) is 11. The number of esters is 3. The molecule has 5 unspecified atom stereocenters. The zero-order valence-electron chi connectivity index (χ0n) is 32.3. The highest BCUT2D eigenvalue weighted by molar-refractivity contribution is 5.90. The molecule has 2 aromatic carbocycles. The summed E-state index contributed by atoms with van der Waals surface area (Å²) in [5.74, 6) is -1.04. The van der Waals surface area contributed by atoms with Gasteiger partial charge in [-0.05, 0) is 48.9 Å². The van der Waals surface area contributed by atoms with Gasteiger partial charge in [0.25, 0.3) is 0 Å². The van der Waals surface area contributed by atoms with Crippen LogP contribution in [0.4, 0.5) is 0 Å². The number of rotatable bonds is 24. The smallest absolute Gasteiger partial charge is 0.338 e. The quantitative estimate of drug-likeness (QED) is 0.0642. The second-order valence-corrected chi connectivity index (χ2v) is 14.6. The Morgan fingerprint density at radius 2 is 1.19 bits per heavy atom. The number of ether oxygens (including phenoxy) is 5. The molecule has 0 radical (unpaired) electrons. The molecule has 2 N–H and O–H groups in total. The molecule has 8 atom stereocenters. The van der Waals surface area contributed by atoms with Crippen molar-refractivity contribution in [3.05, 3.63) is 71.8 Å². The highest BCUT2D eigenvalue weighted by atomic mass is 16.7. The van der Waals surface area contributed by atoms with Crippen molar-refractivity contribution in [1.29, 1.82) is 0 Å². The number of carbonyl (C=O) groups excluding carboxylic acids is 3. The molecule has 0 aromatic heterocycles. The number of nitrogens with two attached hydrogens (primary N) is 1. The Morgan fingerprint density at radius 1 is 0.692 bits per heavy atom. The highest BCUT2D eigenvalue weighted by Gasteiger charge is 2.41. The maximum absolute atomic E-state index is 13.5. The summed E-state index contributed by atoms with van der Waals surface area (Å²) in [5, 5.41) is 0. The average molecular weight is 724 g/mol. The van der Waals surface area contributed by atoms with Crippen molar-refractivity contribution in [2.75, 3.05) is 13.2 Å². The van der Waals surface area contributed by atoms with E-state index in [0.717, 1.165) is 25.7 Å². The van der Waals surface area contributed by atoms with Crippen LogP contribution in [-0.4, -0.2) is 61.8 Å². The van der Waals surface area contributed by atoms with E-state index in [1.165, 1.54) is 58.3 Å². The average Bonchev–Trinajstić information content (AvgIpc) is 3.15. The van der Waals surface area contributed by atoms with E-state index in [2.05, 4.69) is 27.7 Å². The van der Waals surface area contributed by atoms with Crippen LogP contribution < -0.4 is 5.73 Å². The molecule has 0 bridgehead atoms. The molecule has 9 heteroatoms. The van der Waals surface area contributed by atoms with Gasteiger partial charge in [0, 0.05) is 12.8 Å². The van der Waals surface area contributed by atoms with Crippen molar-refractivity contribution in [3.8, 4) is 0 Å². The fourth-order valence-electron chi connectivity index (χ4n) is 6.83. The summed E-state index contributed by atoms with van der Waals surface area (Å²) in [4.78, 5) is 38.4. The number of carbonyl (C=O) groups is 3. The van der Waals surface area contributed by atoms with Crippen molar-refractivity contribution in [2.45, 2.75) is 149 Å². The zero-order chi connectivity index (χ0) is 37.7. The third kappa shape index (κ3) is 15.0. The van der Waals surface area contributed by atoms with Gasteiger partial charge in [-0.25, -0.2) is 9.59 Å². The van der Waals surface area contributed by atoms with Gasteiger partial charge in [0.15, 0.2) is 12.4 Å². The molecule has 0 aliphatic carbocycles. The van der Waals surface area contributed by atoms with E-state index in [-0.39, 0.29) is 43.0 Å². The molecule has 0 amide bonds. The maximum Gasteiger partial charge on any atom is 0.338 e. The Balaban J connectivity index is 1.71. The van der Waals surface area contributed by atoms with Crippen LogP contribution >= 0.6 is 0 Å². The van der Waals surface area contributed by atoms with Gasteiger partial charge < -0.3 is 29.4 Å². The van der Waals surface area contributed by atoms with Gasteiger partial charge in [-0.2, -0.15) is 0 Å². The molecule has 290 valence electrons. The molecule has 9 nitrogen and oxygen atoms in total. The Hall–Kier alpha value is -3.27. The summed E-state index contributed by atoms with van der Waals surface area (Å²) < 4.78 is 30.2. The first-order valence-corrected chi connectivity index (χ1v) is 19.8. The Bertz CT molecular complexity index is 1290. The van der Waals surface area contributed by atoms with E-state index in [1.807, 2.05) is 12.1 Å². The van der Waals surface area contributed by atoms with Crippen LogP contribution in [0.5, 0.6) is 0 Å². The predicted molar refractivity (Wildman–Crippen MR) is 204 cm³/mol. The van der Waals surface area contributed by atoms with Gasteiger partial charge in [0.05, 0.1) is 29.9 Å². The lowest BCUT2D eigenvalue weighted by Gasteiger charge is -2.43. The number of hydrogen-bond donors (Lipinski definition) is 1. The molecule has 2 aromatic rings. The first-order valence-electron chi connectivity index (χ1n) is 19.8. The molecule has 1 saturated heterocycles. The lowest BCUT2D eigenvalue weighted by Crippen LogP contribution is -2.52. The van der Waals surface area contributed by atoms with Crippen molar-refractivity contribution in [1.82, 2.24) is 0 Å². The summed E-state index contributed by atoms with van der Waals surface area (Å²) in [6.45, 7) is 10.0. The molecule has 52 heavy (non-hydrogen) atoms. The van der Waals surface area contributed by atoms with Gasteiger partial charge in [-0.15, -0.1) is 0 Å². The minimum absolute atomic E-state index is 0.0129. The minimum atomic E-state index is -0.986. The third-order valence-corrected chi connectivity index (χ3v) is 10.5. The lowest BCUT2D eigenvalue weighted by atomic mass is 9.79. The molecule has 1 aliphatic rings. The van der Waals surface area contributed by atoms with Crippen LogP contribution in [0.2, 0.25) is 0 Å². The summed E-state index contributed by atoms with van der Waals surface area (Å²) in [6.07, 6.45) is 12.1. The number of benzene rings is 2. The second kappa shape index (κ2) is 24.1. The van der Waals surface area contributed by atoms with E-state index in [9.17, 15) is 14.4 Å². The molecule has 0 spiro atoms. The SMILES string of the molecule is CCCCCCCCCCCCCC[C@@H](OC(=O)c1ccccc1)[C@@H](OC(=O)c1ccccc1)[C@@H](N)COC1OC(COC(C)=O)C(C)C(C)C1C. The fourth-order valence-corrected chi connectivity index (χ4v) is 6.83. The van der Waals surface area contributed by atoms with Gasteiger partial charge in [-0.3, -0.25) is 4.79 Å². The predicted octanol–water partition coefficient (Wildman–Crippen LogP) is 9.07. The van der Waals surface area contributed by atoms with Crippen LogP contribution in [0.25, 0.3) is 0 Å². The zero-order valence-corrected chi connectivity index (χ0v) is 32.3. The van der Waals surface area contributed by atoms with E-state index in [4.69, 9.17) is 29.4 Å². The van der Waals surface area contributed by atoms with Crippen LogP contribution in [-0.2, 0) is 28.5 Å². The summed E-state index contributed by atoms with van der Waals surface area (Å²) in [7, 11) is 0. The summed E-state index contributed by atoms with van der Waals surface area (Å²) in [5.41, 5.74) is 7.62. The monoisotopic (exact) mass is 723 g/mol. The fraction of sp³-hybridized carbons (Fsp3) is 0.651. The summed E-state index contributed by atoms with van der Waals surface area (Å²) >= 11 is 0. The molecular formula is C43H65NO8. The Kier molecular flexibility index (Phi) is 20.0. The van der Waals surface area contributed by atoms with Crippen molar-refractivity contribution >= 4 is 17.9 Å². The van der Waals surface area contributed by atoms with Crippen molar-refractivity contribution < 1.29 is 38.1 Å². The molecule has 1 heterocycles. The topological polar surface area (TPSA) is 123 Å². The first-order chi connectivity index (χ1) is 25.1. The molecular weight excluding hydrogens is 658 g/mol. The molecule has 3 rings (SSSR count). The van der Waals surface area contributed by atoms with Gasteiger partial charge in [0.2, 0.25) is 0 Å². The van der Waals surface area contributed by atoms with E-state index >= 15 is 0 Å². The Labute approximate surface area is 312 Å². The van der Waals surface area contributed by atoms with Crippen molar-refractivity contribution in [3.63, 3.8) is 0 Å². The van der Waals surface area contributed by atoms with Crippen molar-refractivity contribution in [2.24, 2.45) is 23.5 Å².